The summed E-state index contributed by atoms with van der Waals surface area (Å²) >= 11 is 0. The lowest BCUT2D eigenvalue weighted by Gasteiger charge is -2.24. The fourth-order valence-electron chi connectivity index (χ4n) is 2.62. The van der Waals surface area contributed by atoms with Crippen LogP contribution in [-0.2, 0) is 28.8 Å². The summed E-state index contributed by atoms with van der Waals surface area (Å²) in [7, 11) is 0. The molecule has 0 bridgehead atoms. The van der Waals surface area contributed by atoms with E-state index in [1.807, 2.05) is 0 Å². The molecule has 0 saturated heterocycles. The van der Waals surface area contributed by atoms with E-state index in [1.165, 1.54) is 0 Å². The Hall–Kier alpha value is -3.26. The van der Waals surface area contributed by atoms with Crippen LogP contribution < -0.4 is 27.4 Å². The number of carboxylic acids is 3. The van der Waals surface area contributed by atoms with Crippen molar-refractivity contribution < 1.29 is 44.1 Å². The van der Waals surface area contributed by atoms with E-state index in [1.54, 1.807) is 0 Å². The van der Waals surface area contributed by atoms with Crippen molar-refractivity contribution in [2.45, 2.75) is 63.1 Å². The molecule has 0 aliphatic heterocycles. The molecule has 182 valence electrons. The summed E-state index contributed by atoms with van der Waals surface area (Å²) in [6.07, 6.45) is -0.635. The minimum Gasteiger partial charge on any atom is -0.481 e. The molecule has 3 unspecified atom stereocenters. The Morgan fingerprint density at radius 3 is 1.53 bits per heavy atom. The maximum atomic E-state index is 12.6. The van der Waals surface area contributed by atoms with Gasteiger partial charge in [0.25, 0.3) is 0 Å². The molecule has 10 N–H and O–H groups in total. The molecule has 0 radical (unpaired) electrons. The molecule has 0 aliphatic carbocycles. The molecule has 0 aromatic rings. The van der Waals surface area contributed by atoms with Gasteiger partial charge in [-0.15, -0.1) is 0 Å². The Labute approximate surface area is 184 Å². The van der Waals surface area contributed by atoms with Crippen molar-refractivity contribution in [1.29, 1.82) is 0 Å². The first-order valence-corrected chi connectivity index (χ1v) is 9.98. The minimum absolute atomic E-state index is 0.0751. The highest BCUT2D eigenvalue weighted by atomic mass is 16.4. The summed E-state index contributed by atoms with van der Waals surface area (Å²) in [5, 5.41) is 33.8. The fourth-order valence-corrected chi connectivity index (χ4v) is 2.62. The van der Waals surface area contributed by atoms with E-state index in [4.69, 9.17) is 21.7 Å². The van der Waals surface area contributed by atoms with Crippen LogP contribution in [0.25, 0.3) is 0 Å². The molecular weight excluding hydrogens is 430 g/mol. The van der Waals surface area contributed by atoms with Gasteiger partial charge in [-0.3, -0.25) is 24.0 Å². The van der Waals surface area contributed by atoms with Crippen LogP contribution in [0.3, 0.4) is 0 Å². The Bertz CT molecular complexity index is 686. The number of amides is 3. The average Bonchev–Trinajstić information content (AvgIpc) is 2.72. The van der Waals surface area contributed by atoms with Crippen LogP contribution in [0.5, 0.6) is 0 Å². The van der Waals surface area contributed by atoms with E-state index in [0.29, 0.717) is 19.4 Å². The van der Waals surface area contributed by atoms with Crippen molar-refractivity contribution in [3.8, 4) is 0 Å². The van der Waals surface area contributed by atoms with Gasteiger partial charge in [0.15, 0.2) is 0 Å². The number of unbranched alkanes of at least 4 members (excludes halogenated alkanes) is 1. The smallest absolute Gasteiger partial charge is 0.326 e. The zero-order valence-corrected chi connectivity index (χ0v) is 17.5. The van der Waals surface area contributed by atoms with Crippen LogP contribution in [0.2, 0.25) is 0 Å². The van der Waals surface area contributed by atoms with Gasteiger partial charge in [-0.25, -0.2) is 4.79 Å². The SMILES string of the molecule is NCCCCC(NC(=O)C(CCC(=O)O)NC(=O)C(CCC(=O)O)NC(=O)CN)C(=O)O. The standard InChI is InChI=1S/C18H31N5O9/c19-8-2-1-3-12(18(31)32)23-17(30)11(5-7-15(27)28)22-16(29)10(4-6-14(25)26)21-13(24)9-20/h10-12H,1-9,19-20H2,(H,21,24)(H,22,29)(H,23,30)(H,25,26)(H,27,28)(H,31,32). The molecule has 0 fully saturated rings. The Balaban J connectivity index is 5.40. The van der Waals surface area contributed by atoms with Crippen LogP contribution >= 0.6 is 0 Å². The fraction of sp³-hybridized carbons (Fsp3) is 0.667. The monoisotopic (exact) mass is 461 g/mol. The summed E-state index contributed by atoms with van der Waals surface area (Å²) in [6.45, 7) is -0.132. The number of carbonyl (C=O) groups is 6. The molecule has 0 aliphatic rings. The molecule has 0 aromatic carbocycles. The lowest BCUT2D eigenvalue weighted by Crippen LogP contribution is -2.56. The third-order valence-electron chi connectivity index (χ3n) is 4.33. The predicted octanol–water partition coefficient (Wildman–Crippen LogP) is -2.66. The van der Waals surface area contributed by atoms with Crippen LogP contribution in [-0.4, -0.2) is 82.2 Å². The zero-order valence-electron chi connectivity index (χ0n) is 17.5. The van der Waals surface area contributed by atoms with Crippen molar-refractivity contribution in [2.75, 3.05) is 13.1 Å². The number of carboxylic acid groups (broad SMARTS) is 3. The molecule has 0 aromatic heterocycles. The number of rotatable bonds is 17. The molecule has 32 heavy (non-hydrogen) atoms. The van der Waals surface area contributed by atoms with E-state index in [9.17, 15) is 33.9 Å². The van der Waals surface area contributed by atoms with Gasteiger partial charge in [0.1, 0.15) is 18.1 Å². The Kier molecular flexibility index (Phi) is 13.9. The summed E-state index contributed by atoms with van der Waals surface area (Å²) in [5.41, 5.74) is 10.6. The third-order valence-corrected chi connectivity index (χ3v) is 4.33. The average molecular weight is 461 g/mol. The van der Waals surface area contributed by atoms with E-state index in [2.05, 4.69) is 16.0 Å². The minimum atomic E-state index is -1.43. The topological polar surface area (TPSA) is 251 Å². The van der Waals surface area contributed by atoms with Crippen LogP contribution in [0.15, 0.2) is 0 Å². The molecule has 0 rings (SSSR count). The quantitative estimate of drug-likeness (QED) is 0.104. The first kappa shape index (κ1) is 28.7. The third kappa shape index (κ3) is 12.4. The highest BCUT2D eigenvalue weighted by molar-refractivity contribution is 5.94. The Morgan fingerprint density at radius 1 is 0.656 bits per heavy atom. The number of hydrogen-bond acceptors (Lipinski definition) is 8. The van der Waals surface area contributed by atoms with Gasteiger partial charge in [0, 0.05) is 12.8 Å². The number of aliphatic carboxylic acids is 3. The molecule has 0 spiro atoms. The highest BCUT2D eigenvalue weighted by Crippen LogP contribution is 2.06. The van der Waals surface area contributed by atoms with Gasteiger partial charge in [0.05, 0.1) is 6.54 Å². The molecule has 14 nitrogen and oxygen atoms in total. The number of nitrogens with one attached hydrogen (secondary N) is 3. The highest BCUT2D eigenvalue weighted by Gasteiger charge is 2.30. The summed E-state index contributed by atoms with van der Waals surface area (Å²) < 4.78 is 0. The van der Waals surface area contributed by atoms with Crippen molar-refractivity contribution >= 4 is 35.6 Å². The van der Waals surface area contributed by atoms with Crippen molar-refractivity contribution in [2.24, 2.45) is 11.5 Å². The van der Waals surface area contributed by atoms with E-state index in [-0.39, 0.29) is 19.3 Å². The first-order chi connectivity index (χ1) is 15.0. The lowest BCUT2D eigenvalue weighted by atomic mass is 10.1. The second kappa shape index (κ2) is 15.5. The van der Waals surface area contributed by atoms with E-state index < -0.39 is 73.1 Å². The predicted molar refractivity (Wildman–Crippen MR) is 109 cm³/mol. The normalized spacial score (nSPS) is 13.3. The van der Waals surface area contributed by atoms with Crippen LogP contribution in [0.4, 0.5) is 0 Å². The first-order valence-electron chi connectivity index (χ1n) is 9.98. The largest absolute Gasteiger partial charge is 0.481 e. The molecular formula is C18H31N5O9. The number of carbonyl (C=O) groups excluding carboxylic acids is 3. The van der Waals surface area contributed by atoms with Crippen LogP contribution in [0, 0.1) is 0 Å². The molecule has 14 heteroatoms. The Morgan fingerprint density at radius 2 is 1.12 bits per heavy atom. The number of hydrogen-bond donors (Lipinski definition) is 8. The van der Waals surface area contributed by atoms with Crippen LogP contribution in [0.1, 0.15) is 44.9 Å². The lowest BCUT2D eigenvalue weighted by molar-refractivity contribution is -0.143. The van der Waals surface area contributed by atoms with E-state index in [0.717, 1.165) is 0 Å². The maximum Gasteiger partial charge on any atom is 0.326 e. The molecule has 0 heterocycles. The van der Waals surface area contributed by atoms with Gasteiger partial charge in [0.2, 0.25) is 17.7 Å². The maximum absolute atomic E-state index is 12.6. The van der Waals surface area contributed by atoms with Crippen molar-refractivity contribution in [3.63, 3.8) is 0 Å². The van der Waals surface area contributed by atoms with Gasteiger partial charge >= 0.3 is 17.9 Å². The molecule has 3 atom stereocenters. The van der Waals surface area contributed by atoms with E-state index >= 15 is 0 Å². The van der Waals surface area contributed by atoms with Gasteiger partial charge < -0.3 is 42.7 Å². The second-order valence-corrected chi connectivity index (χ2v) is 6.93. The van der Waals surface area contributed by atoms with Crippen molar-refractivity contribution in [1.82, 2.24) is 16.0 Å². The molecule has 3 amide bonds. The second-order valence-electron chi connectivity index (χ2n) is 6.93. The number of nitrogens with two attached hydrogens (primary N) is 2. The van der Waals surface area contributed by atoms with Gasteiger partial charge in [-0.05, 0) is 38.6 Å². The van der Waals surface area contributed by atoms with Gasteiger partial charge in [-0.1, -0.05) is 0 Å². The zero-order chi connectivity index (χ0) is 24.7. The van der Waals surface area contributed by atoms with Crippen molar-refractivity contribution in [3.05, 3.63) is 0 Å². The molecule has 0 saturated carbocycles. The summed E-state index contributed by atoms with van der Waals surface area (Å²) in [5.74, 6) is -6.41. The summed E-state index contributed by atoms with van der Waals surface area (Å²) in [6, 6.07) is -4.06. The van der Waals surface area contributed by atoms with Gasteiger partial charge in [-0.2, -0.15) is 0 Å². The summed E-state index contributed by atoms with van der Waals surface area (Å²) in [4.78, 5) is 69.9.